The van der Waals surface area contributed by atoms with E-state index in [1.807, 2.05) is 12.1 Å². The van der Waals surface area contributed by atoms with Crippen LogP contribution in [-0.4, -0.2) is 58.2 Å². The minimum absolute atomic E-state index is 0.162. The first kappa shape index (κ1) is 30.3. The van der Waals surface area contributed by atoms with Crippen molar-refractivity contribution in [3.05, 3.63) is 84.6 Å². The number of fused-ring (bicyclic) bond motifs is 1. The molecule has 0 spiro atoms. The molecule has 1 radical (unpaired) electrons. The summed E-state index contributed by atoms with van der Waals surface area (Å²) >= 11 is -0.952. The third kappa shape index (κ3) is 7.00. The van der Waals surface area contributed by atoms with Gasteiger partial charge in [0.25, 0.3) is 0 Å². The van der Waals surface area contributed by atoms with Crippen LogP contribution in [-0.2, 0) is 14.8 Å². The quantitative estimate of drug-likeness (QED) is 0.198. The van der Waals surface area contributed by atoms with Gasteiger partial charge in [-0.3, -0.25) is 4.79 Å². The molecule has 0 fully saturated rings. The van der Waals surface area contributed by atoms with E-state index >= 15 is 0 Å². The number of alkyl halides is 6. The molecule has 1 aromatic heterocycles. The molecular weight excluding hydrogens is 643 g/mol. The summed E-state index contributed by atoms with van der Waals surface area (Å²) in [4.78, 5) is 23.2. The number of para-hydroxylation sites is 1. The molecule has 0 saturated carbocycles. The second-order valence-electron chi connectivity index (χ2n) is 8.63. The predicted molar refractivity (Wildman–Crippen MR) is 135 cm³/mol. The normalized spacial score (nSPS) is 13.7. The van der Waals surface area contributed by atoms with Crippen LogP contribution in [0.15, 0.2) is 88.2 Å². The van der Waals surface area contributed by atoms with Crippen LogP contribution in [0.1, 0.15) is 10.6 Å². The molecule has 1 atom stereocenters. The van der Waals surface area contributed by atoms with Gasteiger partial charge < -0.3 is 5.11 Å². The first-order valence-corrected chi connectivity index (χ1v) is 14.8. The fraction of sp³-hybridized carbons (Fsp3) is 0.154. The van der Waals surface area contributed by atoms with Gasteiger partial charge in [0.1, 0.15) is 0 Å². The van der Waals surface area contributed by atoms with Crippen LogP contribution in [0.4, 0.5) is 26.3 Å². The number of hydrogen-bond donors (Lipinski definition) is 2. The SMILES string of the molecule is O=C([As]c1ccc(-c2ccc(S(=O)(=O)N[C@H](C(=O)O)C(C(F)(F)F)C(F)(F)F)cc2)cc1)c1cc2ccccc2o1. The first-order valence-electron chi connectivity index (χ1n) is 11.4. The summed E-state index contributed by atoms with van der Waals surface area (Å²) in [5.41, 5.74) is 1.60. The fourth-order valence-electron chi connectivity index (χ4n) is 3.87. The molecule has 0 unspecified atom stereocenters. The number of carbonyl (C=O) groups excluding carboxylic acids is 1. The van der Waals surface area contributed by atoms with Gasteiger partial charge in [0.05, 0.1) is 0 Å². The number of benzene rings is 3. The van der Waals surface area contributed by atoms with Crippen LogP contribution < -0.4 is 9.07 Å². The van der Waals surface area contributed by atoms with E-state index in [2.05, 4.69) is 0 Å². The van der Waals surface area contributed by atoms with Crippen molar-refractivity contribution in [3.63, 3.8) is 0 Å². The third-order valence-corrected chi connectivity index (χ3v) is 9.33. The molecule has 41 heavy (non-hydrogen) atoms. The zero-order valence-electron chi connectivity index (χ0n) is 20.3. The first-order chi connectivity index (χ1) is 19.1. The Kier molecular flexibility index (Phi) is 8.40. The molecule has 215 valence electrons. The number of hydrogen-bond acceptors (Lipinski definition) is 5. The average Bonchev–Trinajstić information content (AvgIpc) is 3.32. The van der Waals surface area contributed by atoms with E-state index in [-0.39, 0.29) is 10.3 Å². The summed E-state index contributed by atoms with van der Waals surface area (Å²) in [5, 5.41) is 9.80. The van der Waals surface area contributed by atoms with Gasteiger partial charge in [-0.05, 0) is 0 Å². The number of rotatable bonds is 9. The maximum absolute atomic E-state index is 13.0. The van der Waals surface area contributed by atoms with E-state index < -0.39 is 61.0 Å². The Hall–Kier alpha value is -3.61. The molecule has 4 aromatic rings. The van der Waals surface area contributed by atoms with Crippen LogP contribution in [0.2, 0.25) is 0 Å². The number of nitrogens with one attached hydrogen (secondary N) is 1. The Morgan fingerprint density at radius 1 is 0.829 bits per heavy atom. The monoisotopic (exact) mass is 660 g/mol. The van der Waals surface area contributed by atoms with Crippen LogP contribution in [0.5, 0.6) is 0 Å². The van der Waals surface area contributed by atoms with Crippen molar-refractivity contribution in [2.75, 3.05) is 0 Å². The van der Waals surface area contributed by atoms with E-state index in [9.17, 15) is 44.3 Å². The third-order valence-electron chi connectivity index (χ3n) is 5.82. The molecule has 3 aromatic carbocycles. The fourth-order valence-corrected chi connectivity index (χ4v) is 6.66. The number of carboxylic acids is 1. The average molecular weight is 660 g/mol. The Balaban J connectivity index is 1.48. The molecule has 0 aliphatic rings. The van der Waals surface area contributed by atoms with Gasteiger partial charge in [-0.2, -0.15) is 26.3 Å². The number of carboxylic acid groups (broad SMARTS) is 1. The summed E-state index contributed by atoms with van der Waals surface area (Å²) in [6, 6.07) is 16.3. The maximum atomic E-state index is 13.0. The van der Waals surface area contributed by atoms with Gasteiger partial charge in [0, 0.05) is 0 Å². The Morgan fingerprint density at radius 3 is 1.88 bits per heavy atom. The summed E-state index contributed by atoms with van der Waals surface area (Å²) in [7, 11) is -5.10. The summed E-state index contributed by atoms with van der Waals surface area (Å²) < 4.78 is 110. The van der Waals surface area contributed by atoms with Crippen molar-refractivity contribution in [1.82, 2.24) is 4.72 Å². The minimum atomic E-state index is -6.08. The molecule has 1 heterocycles. The van der Waals surface area contributed by atoms with Crippen LogP contribution in [0.25, 0.3) is 22.1 Å². The summed E-state index contributed by atoms with van der Waals surface area (Å²) in [6.07, 6.45) is -12.2. The van der Waals surface area contributed by atoms with Gasteiger partial charge in [-0.25, -0.2) is 0 Å². The number of furan rings is 1. The van der Waals surface area contributed by atoms with Gasteiger partial charge in [-0.1, -0.05) is 0 Å². The molecule has 0 aliphatic heterocycles. The Bertz CT molecular complexity index is 1640. The molecule has 0 amide bonds. The van der Waals surface area contributed by atoms with Gasteiger partial charge in [0.2, 0.25) is 0 Å². The van der Waals surface area contributed by atoms with Crippen molar-refractivity contribution in [1.29, 1.82) is 0 Å². The van der Waals surface area contributed by atoms with Crippen LogP contribution >= 0.6 is 0 Å². The predicted octanol–water partition coefficient (Wildman–Crippen LogP) is 4.74. The van der Waals surface area contributed by atoms with E-state index in [0.29, 0.717) is 16.7 Å². The molecule has 2 N–H and O–H groups in total. The van der Waals surface area contributed by atoms with Crippen molar-refractivity contribution in [3.8, 4) is 11.1 Å². The standard InChI is InChI=1S/C26H17AsF6NO6S/c28-25(29,30)22(26(31,32)33)21(24(36)37)34-41(38,39)18-11-7-15(8-12-18)14-5-9-17(10-6-14)27-23(35)20-13-16-3-1-2-4-19(16)40-20/h1-13,21-22,34H,(H,36,37)/t21-/m0/s1. The molecule has 0 bridgehead atoms. The number of carbonyl (C=O) groups is 2. The molecule has 15 heteroatoms. The molecule has 0 aliphatic carbocycles. The zero-order chi connectivity index (χ0) is 30.2. The van der Waals surface area contributed by atoms with Crippen molar-refractivity contribution in [2.45, 2.75) is 23.3 Å². The van der Waals surface area contributed by atoms with Gasteiger partial charge in [-0.15, -0.1) is 0 Å². The molecule has 0 saturated heterocycles. The molecule has 4 rings (SSSR count). The van der Waals surface area contributed by atoms with Crippen molar-refractivity contribution in [2.24, 2.45) is 5.92 Å². The van der Waals surface area contributed by atoms with Crippen molar-refractivity contribution >= 4 is 51.6 Å². The number of sulfonamides is 1. The summed E-state index contributed by atoms with van der Waals surface area (Å²) in [6.45, 7) is 0. The topological polar surface area (TPSA) is 114 Å². The zero-order valence-corrected chi connectivity index (χ0v) is 23.0. The van der Waals surface area contributed by atoms with Crippen LogP contribution in [0, 0.1) is 5.92 Å². The van der Waals surface area contributed by atoms with E-state index in [4.69, 9.17) is 9.52 Å². The molecule has 7 nitrogen and oxygen atoms in total. The van der Waals surface area contributed by atoms with Gasteiger partial charge >= 0.3 is 199 Å². The molecular formula is C26H17AsF6NO6S. The number of halogens is 6. The second-order valence-corrected chi connectivity index (χ2v) is 12.8. The van der Waals surface area contributed by atoms with E-state index in [1.54, 1.807) is 42.5 Å². The van der Waals surface area contributed by atoms with Crippen LogP contribution in [0.3, 0.4) is 0 Å². The van der Waals surface area contributed by atoms with Gasteiger partial charge in [0.15, 0.2) is 0 Å². The summed E-state index contributed by atoms with van der Waals surface area (Å²) in [5.74, 6) is -6.88. The van der Waals surface area contributed by atoms with E-state index in [0.717, 1.165) is 26.6 Å². The number of aliphatic carboxylic acids is 1. The van der Waals surface area contributed by atoms with Crippen molar-refractivity contribution < 1.29 is 53.9 Å². The Morgan fingerprint density at radius 2 is 1.37 bits per heavy atom. The second kappa shape index (κ2) is 11.3. The van der Waals surface area contributed by atoms with E-state index in [1.165, 1.54) is 12.1 Å². The Labute approximate surface area is 234 Å².